The van der Waals surface area contributed by atoms with Crippen LogP contribution in [0, 0.1) is 0 Å². The molecular weight excluding hydrogens is 257 g/mol. The summed E-state index contributed by atoms with van der Waals surface area (Å²) in [5.41, 5.74) is 2.91. The van der Waals surface area contributed by atoms with Crippen molar-refractivity contribution in [1.82, 2.24) is 0 Å². The summed E-state index contributed by atoms with van der Waals surface area (Å²) in [6.45, 7) is 5.70. The Labute approximate surface area is 113 Å². The summed E-state index contributed by atoms with van der Waals surface area (Å²) in [7, 11) is 0. The van der Waals surface area contributed by atoms with Gasteiger partial charge in [0.25, 0.3) is 5.91 Å². The first-order chi connectivity index (χ1) is 8.02. The quantitative estimate of drug-likeness (QED) is 0.602. The zero-order valence-electron chi connectivity index (χ0n) is 10.3. The molecule has 4 heteroatoms. The van der Waals surface area contributed by atoms with Crippen LogP contribution >= 0.6 is 23.4 Å². The number of para-hydroxylation sites is 1. The van der Waals surface area contributed by atoms with Gasteiger partial charge in [0.15, 0.2) is 0 Å². The maximum Gasteiger partial charge on any atom is 0.259 e. The van der Waals surface area contributed by atoms with E-state index in [0.29, 0.717) is 0 Å². The Bertz CT molecular complexity index is 382. The van der Waals surface area contributed by atoms with Crippen molar-refractivity contribution in [3.05, 3.63) is 29.3 Å². The number of rotatable bonds is 4. The lowest BCUT2D eigenvalue weighted by Gasteiger charge is -2.21. The number of halogens is 2. The van der Waals surface area contributed by atoms with E-state index in [2.05, 4.69) is 0 Å². The van der Waals surface area contributed by atoms with Gasteiger partial charge in [-0.2, -0.15) is 0 Å². The first kappa shape index (κ1) is 14.3. The molecule has 1 unspecified atom stereocenters. The lowest BCUT2D eigenvalue weighted by atomic mass is 10.0. The second-order valence-corrected chi connectivity index (χ2v) is 4.86. The molecule has 0 aliphatic carbocycles. The topological polar surface area (TPSA) is 20.3 Å². The fourth-order valence-corrected chi connectivity index (χ4v) is 2.24. The van der Waals surface area contributed by atoms with E-state index in [1.54, 1.807) is 6.92 Å². The molecule has 0 aliphatic heterocycles. The van der Waals surface area contributed by atoms with Crippen LogP contribution in [0.3, 0.4) is 0 Å². The van der Waals surface area contributed by atoms with E-state index in [4.69, 9.17) is 23.4 Å². The number of aryl methyl sites for hydroxylation is 2. The Balaban J connectivity index is 3.22. The van der Waals surface area contributed by atoms with E-state index in [9.17, 15) is 4.79 Å². The number of benzene rings is 1. The van der Waals surface area contributed by atoms with Gasteiger partial charge in [-0.3, -0.25) is 4.79 Å². The average molecular weight is 274 g/mol. The molecule has 17 heavy (non-hydrogen) atoms. The highest BCUT2D eigenvalue weighted by atomic mass is 35.5. The standard InChI is InChI=1S/C13H17Cl2NO/c1-4-10-7-6-8-11(5-2)12(10)16(15)13(17)9(3)14/h6-9H,4-5H2,1-3H3. The third kappa shape index (κ3) is 3.14. The minimum Gasteiger partial charge on any atom is -0.271 e. The van der Waals surface area contributed by atoms with Crippen LogP contribution < -0.4 is 4.42 Å². The Kier molecular flexibility index (Phi) is 5.29. The SMILES string of the molecule is CCc1cccc(CC)c1N(Cl)C(=O)C(C)Cl. The summed E-state index contributed by atoms with van der Waals surface area (Å²) in [4.78, 5) is 11.8. The van der Waals surface area contributed by atoms with Gasteiger partial charge in [-0.25, -0.2) is 4.42 Å². The molecule has 0 aliphatic rings. The third-order valence-electron chi connectivity index (χ3n) is 2.70. The number of hydrogen-bond donors (Lipinski definition) is 0. The number of hydrogen-bond acceptors (Lipinski definition) is 1. The summed E-state index contributed by atoms with van der Waals surface area (Å²) in [6, 6.07) is 5.95. The van der Waals surface area contributed by atoms with Crippen LogP contribution in [0.25, 0.3) is 0 Å². The predicted molar refractivity (Wildman–Crippen MR) is 73.9 cm³/mol. The molecule has 1 atom stereocenters. The van der Waals surface area contributed by atoms with Crippen molar-refractivity contribution in [3.63, 3.8) is 0 Å². The summed E-state index contributed by atoms with van der Waals surface area (Å²) < 4.78 is 1.16. The third-order valence-corrected chi connectivity index (χ3v) is 3.22. The Hall–Kier alpha value is -0.730. The van der Waals surface area contributed by atoms with Crippen molar-refractivity contribution in [2.45, 2.75) is 39.0 Å². The second-order valence-electron chi connectivity index (χ2n) is 3.87. The minimum absolute atomic E-state index is 0.288. The monoisotopic (exact) mass is 273 g/mol. The van der Waals surface area contributed by atoms with E-state index in [0.717, 1.165) is 34.1 Å². The fourth-order valence-electron chi connectivity index (χ4n) is 1.73. The van der Waals surface area contributed by atoms with Crippen molar-refractivity contribution in [2.75, 3.05) is 4.42 Å². The summed E-state index contributed by atoms with van der Waals surface area (Å²) in [5, 5.41) is -0.623. The van der Waals surface area contributed by atoms with Gasteiger partial charge in [0.05, 0.1) is 5.69 Å². The number of anilines is 1. The van der Waals surface area contributed by atoms with Crippen molar-refractivity contribution in [2.24, 2.45) is 0 Å². The van der Waals surface area contributed by atoms with Crippen LogP contribution in [0.2, 0.25) is 0 Å². The molecule has 0 saturated heterocycles. The molecule has 0 heterocycles. The number of amides is 1. The van der Waals surface area contributed by atoms with Crippen molar-refractivity contribution in [3.8, 4) is 0 Å². The normalized spacial score (nSPS) is 12.3. The molecule has 0 radical (unpaired) electrons. The molecule has 0 spiro atoms. The fraction of sp³-hybridized carbons (Fsp3) is 0.462. The number of carbonyl (C=O) groups is 1. The number of alkyl halides is 1. The Morgan fingerprint density at radius 2 is 1.76 bits per heavy atom. The van der Waals surface area contributed by atoms with Crippen molar-refractivity contribution >= 4 is 35.0 Å². The van der Waals surface area contributed by atoms with Crippen LogP contribution in [0.15, 0.2) is 18.2 Å². The zero-order valence-corrected chi connectivity index (χ0v) is 11.8. The molecule has 94 valence electrons. The van der Waals surface area contributed by atoms with Crippen molar-refractivity contribution < 1.29 is 4.79 Å². The average Bonchev–Trinajstić information content (AvgIpc) is 2.35. The van der Waals surface area contributed by atoms with E-state index < -0.39 is 5.38 Å². The van der Waals surface area contributed by atoms with Gasteiger partial charge in [0.2, 0.25) is 0 Å². The molecule has 1 amide bonds. The maximum absolute atomic E-state index is 11.8. The zero-order chi connectivity index (χ0) is 13.0. The van der Waals surface area contributed by atoms with E-state index >= 15 is 0 Å². The van der Waals surface area contributed by atoms with E-state index in [1.807, 2.05) is 32.0 Å². The highest BCUT2D eigenvalue weighted by Crippen LogP contribution is 2.29. The molecule has 0 bridgehead atoms. The minimum atomic E-state index is -0.623. The molecule has 2 nitrogen and oxygen atoms in total. The van der Waals surface area contributed by atoms with Gasteiger partial charge in [-0.05, 0) is 30.9 Å². The summed E-state index contributed by atoms with van der Waals surface area (Å²) in [5.74, 6) is -0.288. The van der Waals surface area contributed by atoms with Gasteiger partial charge in [0.1, 0.15) is 5.38 Å². The Morgan fingerprint density at radius 1 is 1.29 bits per heavy atom. The highest BCUT2D eigenvalue weighted by molar-refractivity contribution is 6.43. The first-order valence-corrected chi connectivity index (χ1v) is 6.54. The molecule has 0 fully saturated rings. The van der Waals surface area contributed by atoms with Crippen LogP contribution in [-0.2, 0) is 17.6 Å². The molecule has 0 N–H and O–H groups in total. The number of nitrogens with zero attached hydrogens (tertiary/aromatic N) is 1. The largest absolute Gasteiger partial charge is 0.271 e. The number of carbonyl (C=O) groups excluding carboxylic acids is 1. The van der Waals surface area contributed by atoms with Crippen molar-refractivity contribution in [1.29, 1.82) is 0 Å². The maximum atomic E-state index is 11.8. The van der Waals surface area contributed by atoms with Crippen LogP contribution in [0.5, 0.6) is 0 Å². The molecule has 0 saturated carbocycles. The molecule has 1 rings (SSSR count). The predicted octanol–water partition coefficient (Wildman–Crippen LogP) is 3.93. The first-order valence-electron chi connectivity index (χ1n) is 5.77. The van der Waals surface area contributed by atoms with Gasteiger partial charge in [-0.1, -0.05) is 32.0 Å². The smallest absolute Gasteiger partial charge is 0.259 e. The second kappa shape index (κ2) is 6.27. The van der Waals surface area contributed by atoms with Gasteiger partial charge >= 0.3 is 0 Å². The Morgan fingerprint density at radius 3 is 2.12 bits per heavy atom. The molecular formula is C13H17Cl2NO. The van der Waals surface area contributed by atoms with Gasteiger partial charge < -0.3 is 0 Å². The molecule has 0 aromatic heterocycles. The summed E-state index contributed by atoms with van der Waals surface area (Å²) >= 11 is 11.9. The van der Waals surface area contributed by atoms with Crippen LogP contribution in [-0.4, -0.2) is 11.3 Å². The highest BCUT2D eigenvalue weighted by Gasteiger charge is 2.22. The van der Waals surface area contributed by atoms with Gasteiger partial charge in [-0.15, -0.1) is 11.6 Å². The lowest BCUT2D eigenvalue weighted by Crippen LogP contribution is -2.29. The molecule has 1 aromatic carbocycles. The molecule has 1 aromatic rings. The van der Waals surface area contributed by atoms with Crippen LogP contribution in [0.4, 0.5) is 5.69 Å². The van der Waals surface area contributed by atoms with E-state index in [-0.39, 0.29) is 5.91 Å². The van der Waals surface area contributed by atoms with E-state index in [1.165, 1.54) is 0 Å². The van der Waals surface area contributed by atoms with Crippen LogP contribution in [0.1, 0.15) is 31.9 Å². The summed E-state index contributed by atoms with van der Waals surface area (Å²) in [6.07, 6.45) is 1.66. The van der Waals surface area contributed by atoms with Gasteiger partial charge in [0, 0.05) is 11.8 Å². The lowest BCUT2D eigenvalue weighted by molar-refractivity contribution is -0.116.